The fraction of sp³-hybridized carbons (Fsp3) is 0.444. The van der Waals surface area contributed by atoms with E-state index in [1.54, 1.807) is 0 Å². The van der Waals surface area contributed by atoms with E-state index in [0.29, 0.717) is 6.04 Å². The first kappa shape index (κ1) is 14.9. The molecular formula is C18H26N2. The van der Waals surface area contributed by atoms with Crippen molar-refractivity contribution in [2.45, 2.75) is 46.7 Å². The van der Waals surface area contributed by atoms with Gasteiger partial charge >= 0.3 is 0 Å². The van der Waals surface area contributed by atoms with Gasteiger partial charge in [-0.15, -0.1) is 0 Å². The third-order valence-electron chi connectivity index (χ3n) is 3.68. The maximum atomic E-state index is 3.53. The maximum absolute atomic E-state index is 3.53. The summed E-state index contributed by atoms with van der Waals surface area (Å²) in [6.07, 6.45) is 5.59. The molecule has 1 atom stereocenters. The predicted molar refractivity (Wildman–Crippen MR) is 86.2 cm³/mol. The lowest BCUT2D eigenvalue weighted by Gasteiger charge is -2.14. The zero-order valence-corrected chi connectivity index (χ0v) is 13.1. The Morgan fingerprint density at radius 2 is 1.80 bits per heavy atom. The van der Waals surface area contributed by atoms with Crippen LogP contribution in [0, 0.1) is 13.8 Å². The Balaban J connectivity index is 2.12. The lowest BCUT2D eigenvalue weighted by Crippen LogP contribution is -2.19. The van der Waals surface area contributed by atoms with Gasteiger partial charge < -0.3 is 9.88 Å². The molecule has 20 heavy (non-hydrogen) atoms. The molecule has 2 aromatic rings. The van der Waals surface area contributed by atoms with Crippen LogP contribution in [-0.4, -0.2) is 11.1 Å². The molecular weight excluding hydrogens is 244 g/mol. The van der Waals surface area contributed by atoms with E-state index in [2.05, 4.69) is 74.2 Å². The first-order chi connectivity index (χ1) is 9.62. The molecule has 1 aromatic heterocycles. The number of benzene rings is 1. The third-order valence-corrected chi connectivity index (χ3v) is 3.68. The Labute approximate surface area is 122 Å². The largest absolute Gasteiger partial charge is 0.350 e. The van der Waals surface area contributed by atoms with Gasteiger partial charge in [0.1, 0.15) is 0 Å². The minimum absolute atomic E-state index is 0.473. The van der Waals surface area contributed by atoms with Crippen LogP contribution in [0.3, 0.4) is 0 Å². The van der Waals surface area contributed by atoms with Gasteiger partial charge in [-0.1, -0.05) is 43.2 Å². The molecule has 1 N–H and O–H groups in total. The normalized spacial score (nSPS) is 12.6. The van der Waals surface area contributed by atoms with Crippen LogP contribution in [0.1, 0.15) is 48.6 Å². The van der Waals surface area contributed by atoms with Crippen molar-refractivity contribution in [3.8, 4) is 0 Å². The maximum Gasteiger partial charge on any atom is 0.0470 e. The van der Waals surface area contributed by atoms with E-state index in [1.807, 2.05) is 0 Å². The summed E-state index contributed by atoms with van der Waals surface area (Å²) < 4.78 is 2.28. The van der Waals surface area contributed by atoms with Crippen LogP contribution in [0.2, 0.25) is 0 Å². The zero-order chi connectivity index (χ0) is 14.5. The summed E-state index contributed by atoms with van der Waals surface area (Å²) in [7, 11) is 0. The smallest absolute Gasteiger partial charge is 0.0470 e. The van der Waals surface area contributed by atoms with Crippen molar-refractivity contribution < 1.29 is 0 Å². The quantitative estimate of drug-likeness (QED) is 0.832. The molecule has 0 bridgehead atoms. The van der Waals surface area contributed by atoms with Gasteiger partial charge in [0.2, 0.25) is 0 Å². The van der Waals surface area contributed by atoms with Crippen molar-refractivity contribution in [1.29, 1.82) is 0 Å². The molecule has 2 heteroatoms. The minimum atomic E-state index is 0.473. The van der Waals surface area contributed by atoms with Crippen LogP contribution in [0.25, 0.3) is 0 Å². The second-order valence-electron chi connectivity index (χ2n) is 5.63. The molecule has 0 fully saturated rings. The van der Waals surface area contributed by atoms with Crippen molar-refractivity contribution in [2.24, 2.45) is 0 Å². The third kappa shape index (κ3) is 3.73. The molecule has 1 aromatic carbocycles. The number of nitrogens with zero attached hydrogens (tertiary/aromatic N) is 1. The van der Waals surface area contributed by atoms with E-state index in [1.165, 1.54) is 22.3 Å². The summed E-state index contributed by atoms with van der Waals surface area (Å²) in [4.78, 5) is 0. The number of aromatic nitrogens is 1. The minimum Gasteiger partial charge on any atom is -0.350 e. The predicted octanol–water partition coefficient (Wildman–Crippen LogP) is 4.21. The summed E-state index contributed by atoms with van der Waals surface area (Å²) in [6, 6.07) is 9.48. The first-order valence-corrected chi connectivity index (χ1v) is 7.58. The molecule has 0 aliphatic rings. The van der Waals surface area contributed by atoms with Crippen LogP contribution in [0.5, 0.6) is 0 Å². The van der Waals surface area contributed by atoms with Crippen LogP contribution >= 0.6 is 0 Å². The monoisotopic (exact) mass is 270 g/mol. The van der Waals surface area contributed by atoms with Crippen molar-refractivity contribution in [1.82, 2.24) is 9.88 Å². The average Bonchev–Trinajstić information content (AvgIpc) is 2.83. The van der Waals surface area contributed by atoms with E-state index >= 15 is 0 Å². The highest BCUT2D eigenvalue weighted by atomic mass is 15.0. The molecule has 2 nitrogen and oxygen atoms in total. The van der Waals surface area contributed by atoms with Crippen molar-refractivity contribution >= 4 is 0 Å². The number of nitrogens with one attached hydrogen (secondary N) is 1. The van der Waals surface area contributed by atoms with E-state index in [9.17, 15) is 0 Å². The first-order valence-electron chi connectivity index (χ1n) is 7.58. The summed E-state index contributed by atoms with van der Waals surface area (Å²) in [6.45, 7) is 10.7. The van der Waals surface area contributed by atoms with Gasteiger partial charge in [0.05, 0.1) is 0 Å². The van der Waals surface area contributed by atoms with Gasteiger partial charge in [-0.3, -0.25) is 0 Å². The summed E-state index contributed by atoms with van der Waals surface area (Å²) >= 11 is 0. The average molecular weight is 270 g/mol. The van der Waals surface area contributed by atoms with Gasteiger partial charge in [-0.05, 0) is 44.0 Å². The molecule has 2 rings (SSSR count). The second kappa shape index (κ2) is 6.76. The number of hydrogen-bond acceptors (Lipinski definition) is 1. The Hall–Kier alpha value is -1.54. The lowest BCUT2D eigenvalue weighted by molar-refractivity contribution is 0.536. The van der Waals surface area contributed by atoms with Gasteiger partial charge in [-0.25, -0.2) is 0 Å². The van der Waals surface area contributed by atoms with E-state index < -0.39 is 0 Å². The molecule has 0 saturated carbocycles. The summed E-state index contributed by atoms with van der Waals surface area (Å²) in [5.41, 5.74) is 5.44. The summed E-state index contributed by atoms with van der Waals surface area (Å²) in [5.74, 6) is 0. The van der Waals surface area contributed by atoms with Crippen molar-refractivity contribution in [2.75, 3.05) is 6.54 Å². The number of rotatable bonds is 6. The highest BCUT2D eigenvalue weighted by molar-refractivity contribution is 5.29. The van der Waals surface area contributed by atoms with Crippen LogP contribution in [-0.2, 0) is 6.54 Å². The molecule has 0 spiro atoms. The SMILES string of the molecule is CCNC(CC)c1ccn(Cc2cc(C)cc(C)c2)c1. The highest BCUT2D eigenvalue weighted by Crippen LogP contribution is 2.18. The molecule has 0 saturated heterocycles. The lowest BCUT2D eigenvalue weighted by atomic mass is 10.1. The van der Waals surface area contributed by atoms with Gasteiger partial charge in [-0.2, -0.15) is 0 Å². The second-order valence-corrected chi connectivity index (χ2v) is 5.63. The Bertz CT molecular complexity index is 534. The van der Waals surface area contributed by atoms with Crippen LogP contribution in [0.4, 0.5) is 0 Å². The molecule has 1 unspecified atom stereocenters. The van der Waals surface area contributed by atoms with Gasteiger partial charge in [0, 0.05) is 25.0 Å². The molecule has 1 heterocycles. The zero-order valence-electron chi connectivity index (χ0n) is 13.1. The van der Waals surface area contributed by atoms with E-state index in [0.717, 1.165) is 19.5 Å². The Kier molecular flexibility index (Phi) is 5.02. The molecule has 108 valence electrons. The fourth-order valence-corrected chi connectivity index (χ4v) is 2.88. The molecule has 0 radical (unpaired) electrons. The number of hydrogen-bond donors (Lipinski definition) is 1. The molecule has 0 aliphatic heterocycles. The van der Waals surface area contributed by atoms with E-state index in [-0.39, 0.29) is 0 Å². The Morgan fingerprint density at radius 3 is 2.40 bits per heavy atom. The standard InChI is InChI=1S/C18H26N2/c1-5-18(19-6-2)17-7-8-20(13-17)12-16-10-14(3)9-15(4)11-16/h7-11,13,18-19H,5-6,12H2,1-4H3. The van der Waals surface area contributed by atoms with Gasteiger partial charge in [0.25, 0.3) is 0 Å². The highest BCUT2D eigenvalue weighted by Gasteiger charge is 2.09. The number of aryl methyl sites for hydroxylation is 2. The van der Waals surface area contributed by atoms with E-state index in [4.69, 9.17) is 0 Å². The van der Waals surface area contributed by atoms with Crippen LogP contribution in [0.15, 0.2) is 36.7 Å². The fourth-order valence-electron chi connectivity index (χ4n) is 2.88. The van der Waals surface area contributed by atoms with Gasteiger partial charge in [0.15, 0.2) is 0 Å². The van der Waals surface area contributed by atoms with Crippen LogP contribution < -0.4 is 5.32 Å². The topological polar surface area (TPSA) is 17.0 Å². The van der Waals surface area contributed by atoms with Crippen molar-refractivity contribution in [3.05, 3.63) is 58.9 Å². The van der Waals surface area contributed by atoms with Crippen molar-refractivity contribution in [3.63, 3.8) is 0 Å². The summed E-state index contributed by atoms with van der Waals surface area (Å²) in [5, 5.41) is 3.53. The molecule has 0 aliphatic carbocycles. The Morgan fingerprint density at radius 1 is 1.10 bits per heavy atom. The molecule has 0 amide bonds.